The van der Waals surface area contributed by atoms with E-state index in [1.807, 2.05) is 18.2 Å². The van der Waals surface area contributed by atoms with Crippen LogP contribution in [0.4, 0.5) is 0 Å². The average Bonchev–Trinajstić information content (AvgIpc) is 1.48. The van der Waals surface area contributed by atoms with E-state index in [2.05, 4.69) is 481 Å². The standard InChI is InChI=1S/C61H46Si2.C25H16Br2.C18H15ClSi/c1-9-25-47(26-10-1)61(48-27-11-2-12-28-48)59-45-55(62(49-29-13-3-14-30-49,50-31-15-4-16-32-50)51-33-17-5-18-34-51)41-43-57(59)58-44-42-56(46-60(58)61)63(52-35-19-6-20-36-52,53-37-21-7-22-38-53)54-39-23-8-24-40-54;26-19-11-13-21-22-14-12-20(27)16-24(22)25(23(21)15-19,17-7-3-1-4-8-17)18-9-5-2-6-10-18;19-20(16-10-4-1-5-11-16,17-12-6-2-7-13-17)18-14-8-3-9-15-18/h1-46H;1-16H;1-15H. The summed E-state index contributed by atoms with van der Waals surface area (Å²) in [6, 6.07) is 172. The van der Waals surface area contributed by atoms with Crippen molar-refractivity contribution in [2.24, 2.45) is 0 Å². The Morgan fingerprint density at radius 3 is 0.555 bits per heavy atom. The maximum atomic E-state index is 7.25. The van der Waals surface area contributed by atoms with Crippen LogP contribution in [0, 0.1) is 0 Å². The number of hydrogen-bond acceptors (Lipinski definition) is 0. The molecular weight excluding hydrogens is 1530 g/mol. The van der Waals surface area contributed by atoms with E-state index in [0.717, 1.165) is 8.95 Å². The van der Waals surface area contributed by atoms with Gasteiger partial charge in [0.2, 0.25) is 7.38 Å². The predicted octanol–water partition coefficient (Wildman–Crippen LogP) is 19.3. The smallest absolute Gasteiger partial charge is 0.149 e. The summed E-state index contributed by atoms with van der Waals surface area (Å²) in [5, 5.41) is 14.6. The zero-order valence-electron chi connectivity index (χ0n) is 60.6. The number of fused-ring (bicyclic) bond motifs is 6. The summed E-state index contributed by atoms with van der Waals surface area (Å²) in [6.45, 7) is 0. The first kappa shape index (κ1) is 71.6. The molecule has 0 saturated heterocycles. The summed E-state index contributed by atoms with van der Waals surface area (Å²) >= 11 is 14.7. The van der Waals surface area contributed by atoms with Gasteiger partial charge in [-0.3, -0.25) is 0 Å². The average molecular weight is 1610 g/mol. The normalized spacial score (nSPS) is 12.8. The monoisotopic (exact) mass is 1600 g/mol. The second kappa shape index (κ2) is 31.3. The van der Waals surface area contributed by atoms with Crippen molar-refractivity contribution in [1.29, 1.82) is 0 Å². The van der Waals surface area contributed by atoms with Crippen molar-refractivity contribution in [2.45, 2.75) is 10.8 Å². The summed E-state index contributed by atoms with van der Waals surface area (Å²) in [4.78, 5) is 0. The molecule has 6 heteroatoms. The van der Waals surface area contributed by atoms with E-state index in [0.29, 0.717) is 0 Å². The molecule has 2 aliphatic carbocycles. The minimum absolute atomic E-state index is 0.333. The third-order valence-electron chi connectivity index (χ3n) is 22.6. The molecule has 0 aliphatic heterocycles. The lowest BCUT2D eigenvalue weighted by molar-refractivity contribution is 0.767. The minimum atomic E-state index is -2.88. The fraction of sp³-hybridized carbons (Fsp3) is 0.0192. The molecule has 0 heterocycles. The van der Waals surface area contributed by atoms with Crippen LogP contribution in [0.1, 0.15) is 44.5 Å². The highest BCUT2D eigenvalue weighted by Gasteiger charge is 2.52. The Morgan fingerprint density at radius 1 is 0.173 bits per heavy atom. The molecule has 0 N–H and O–H groups in total. The van der Waals surface area contributed by atoms with Crippen molar-refractivity contribution in [3.63, 3.8) is 0 Å². The van der Waals surface area contributed by atoms with Gasteiger partial charge < -0.3 is 0 Å². The van der Waals surface area contributed by atoms with Crippen LogP contribution in [-0.4, -0.2) is 23.5 Å². The molecule has 0 bridgehead atoms. The molecule has 110 heavy (non-hydrogen) atoms. The van der Waals surface area contributed by atoms with E-state index >= 15 is 0 Å². The lowest BCUT2D eigenvalue weighted by atomic mass is 9.68. The quantitative estimate of drug-likeness (QED) is 0.0545. The van der Waals surface area contributed by atoms with Gasteiger partial charge >= 0.3 is 0 Å². The van der Waals surface area contributed by atoms with E-state index < -0.39 is 28.9 Å². The molecule has 0 spiro atoms. The van der Waals surface area contributed by atoms with Gasteiger partial charge in [0.25, 0.3) is 0 Å². The van der Waals surface area contributed by atoms with E-state index in [1.165, 1.54) is 124 Å². The molecule has 17 aromatic carbocycles. The van der Waals surface area contributed by atoms with E-state index in [-0.39, 0.29) is 5.41 Å². The molecule has 0 saturated carbocycles. The number of benzene rings is 17. The minimum Gasteiger partial charge on any atom is -0.149 e. The Morgan fingerprint density at radius 2 is 0.345 bits per heavy atom. The van der Waals surface area contributed by atoms with Crippen LogP contribution in [0.5, 0.6) is 0 Å². The van der Waals surface area contributed by atoms with Crippen LogP contribution in [0.2, 0.25) is 0 Å². The summed E-state index contributed by atoms with van der Waals surface area (Å²) in [6.07, 6.45) is 0. The molecule has 0 aromatic heterocycles. The summed E-state index contributed by atoms with van der Waals surface area (Å²) < 4.78 is 2.20. The maximum absolute atomic E-state index is 7.25. The van der Waals surface area contributed by atoms with Crippen LogP contribution in [0.15, 0.2) is 476 Å². The van der Waals surface area contributed by atoms with Crippen LogP contribution in [0.25, 0.3) is 22.3 Å². The third-order valence-corrected chi connectivity index (χ3v) is 38.5. The van der Waals surface area contributed by atoms with Gasteiger partial charge in [-0.05, 0) is 148 Å². The van der Waals surface area contributed by atoms with Crippen molar-refractivity contribution in [2.75, 3.05) is 0 Å². The third kappa shape index (κ3) is 12.4. The highest BCUT2D eigenvalue weighted by molar-refractivity contribution is 9.10. The fourth-order valence-corrected chi connectivity index (χ4v) is 32.4. The second-order valence-electron chi connectivity index (χ2n) is 28.3. The van der Waals surface area contributed by atoms with E-state index in [4.69, 9.17) is 11.1 Å². The molecule has 526 valence electrons. The Labute approximate surface area is 671 Å². The highest BCUT2D eigenvalue weighted by atomic mass is 79.9. The lowest BCUT2D eigenvalue weighted by Gasteiger charge is -2.38. The molecule has 2 aliphatic rings. The topological polar surface area (TPSA) is 0 Å². The molecule has 0 amide bonds. The molecule has 19 rings (SSSR count). The van der Waals surface area contributed by atoms with Gasteiger partial charge in [0.15, 0.2) is 16.1 Å². The summed E-state index contributed by atoms with van der Waals surface area (Å²) in [7, 11) is -8.16. The molecule has 0 nitrogen and oxygen atoms in total. The van der Waals surface area contributed by atoms with Gasteiger partial charge in [0.05, 0.1) is 10.8 Å². The van der Waals surface area contributed by atoms with Crippen molar-refractivity contribution in [3.8, 4) is 22.3 Å². The van der Waals surface area contributed by atoms with Crippen molar-refractivity contribution < 1.29 is 0 Å². The number of halogens is 3. The molecule has 0 radical (unpaired) electrons. The fourth-order valence-electron chi connectivity index (χ4n) is 18.0. The molecule has 0 unspecified atom stereocenters. The Hall–Kier alpha value is -11.4. The molecule has 17 aromatic rings. The zero-order chi connectivity index (χ0) is 74.4. The summed E-state index contributed by atoms with van der Waals surface area (Å²) in [5.74, 6) is 0. The molecular formula is C104H77Br2ClSi3. The SMILES string of the molecule is Brc1ccc2c(c1)C(c1ccccc1)(c1ccccc1)c1cc(Br)ccc1-2.Cl[Si](c1ccccc1)(c1ccccc1)c1ccccc1.c1ccc(C2(c3ccccc3)c3cc([Si](c4ccccc4)(c4ccccc4)c4ccccc4)ccc3-c3ccc([Si](c4ccccc4)(c4ccccc4)c4ccccc4)cc32)cc1. The Balaban J connectivity index is 0.000000152. The lowest BCUT2D eigenvalue weighted by Crippen LogP contribution is -2.74. The highest BCUT2D eigenvalue weighted by Crippen LogP contribution is 2.58. The number of hydrogen-bond donors (Lipinski definition) is 0. The van der Waals surface area contributed by atoms with Crippen molar-refractivity contribution >= 4 is 124 Å². The van der Waals surface area contributed by atoms with Gasteiger partial charge in [-0.25, -0.2) is 0 Å². The Kier molecular flexibility index (Phi) is 20.4. The molecule has 0 fully saturated rings. The second-order valence-corrected chi connectivity index (χ2v) is 42.5. The van der Waals surface area contributed by atoms with E-state index in [9.17, 15) is 0 Å². The zero-order valence-corrected chi connectivity index (χ0v) is 67.5. The van der Waals surface area contributed by atoms with Gasteiger partial charge in [-0.1, -0.05) is 475 Å². The van der Waals surface area contributed by atoms with Crippen LogP contribution >= 0.6 is 42.9 Å². The molecule has 0 atom stereocenters. The van der Waals surface area contributed by atoms with Gasteiger partial charge in [-0.2, -0.15) is 0 Å². The Bertz CT molecular complexity index is 5360. The predicted molar refractivity (Wildman–Crippen MR) is 480 cm³/mol. The first-order chi connectivity index (χ1) is 54.3. The van der Waals surface area contributed by atoms with Gasteiger partial charge in [0.1, 0.15) is 0 Å². The van der Waals surface area contributed by atoms with Crippen LogP contribution in [-0.2, 0) is 10.8 Å². The largest absolute Gasteiger partial charge is 0.247 e. The van der Waals surface area contributed by atoms with Gasteiger partial charge in [-0.15, -0.1) is 11.1 Å². The maximum Gasteiger partial charge on any atom is 0.247 e. The van der Waals surface area contributed by atoms with Gasteiger partial charge in [0, 0.05) is 8.95 Å². The number of rotatable bonds is 15. The first-order valence-electron chi connectivity index (χ1n) is 37.6. The summed E-state index contributed by atoms with van der Waals surface area (Å²) in [5.41, 5.74) is 14.6. The van der Waals surface area contributed by atoms with Crippen LogP contribution in [0.3, 0.4) is 0 Å². The van der Waals surface area contributed by atoms with Crippen molar-refractivity contribution in [1.82, 2.24) is 0 Å². The van der Waals surface area contributed by atoms with Crippen molar-refractivity contribution in [3.05, 3.63) is 521 Å². The van der Waals surface area contributed by atoms with Crippen LogP contribution < -0.4 is 57.1 Å². The first-order valence-corrected chi connectivity index (χ1v) is 46.2. The van der Waals surface area contributed by atoms with E-state index in [1.54, 1.807) is 0 Å².